The second-order valence-electron chi connectivity index (χ2n) is 2.36. The number of halogens is 3. The summed E-state index contributed by atoms with van der Waals surface area (Å²) >= 11 is 0. The van der Waals surface area contributed by atoms with Gasteiger partial charge >= 0.3 is 6.18 Å². The van der Waals surface area contributed by atoms with Crippen LogP contribution in [0.5, 0.6) is 0 Å². The van der Waals surface area contributed by atoms with Gasteiger partial charge in [0.15, 0.2) is 5.69 Å². The Hall–Kier alpha value is -1.90. The van der Waals surface area contributed by atoms with Gasteiger partial charge in [0.2, 0.25) is 0 Å². The van der Waals surface area contributed by atoms with Crippen molar-refractivity contribution >= 4 is 12.4 Å². The zero-order valence-electron chi connectivity index (χ0n) is 6.84. The third kappa shape index (κ3) is 1.88. The molecule has 0 aliphatic rings. The molecule has 0 atom stereocenters. The van der Waals surface area contributed by atoms with Crippen molar-refractivity contribution in [2.45, 2.75) is 6.18 Å². The number of nitriles is 1. The quantitative estimate of drug-likeness (QED) is 0.651. The Labute approximate surface area is 77.5 Å². The Bertz CT molecular complexity index is 403. The van der Waals surface area contributed by atoms with Crippen LogP contribution in [0.4, 0.5) is 18.9 Å². The van der Waals surface area contributed by atoms with E-state index in [0.717, 1.165) is 12.3 Å². The second kappa shape index (κ2) is 3.46. The molecule has 0 aliphatic heterocycles. The molecule has 0 N–H and O–H groups in total. The number of alkyl halides is 3. The number of aliphatic imine (C=N–C) groups is 1. The average molecular weight is 199 g/mol. The zero-order chi connectivity index (χ0) is 10.8. The summed E-state index contributed by atoms with van der Waals surface area (Å²) in [6, 6.07) is 2.09. The third-order valence-corrected chi connectivity index (χ3v) is 1.47. The fourth-order valence-electron chi connectivity index (χ4n) is 0.845. The van der Waals surface area contributed by atoms with Crippen LogP contribution < -0.4 is 0 Å². The Morgan fingerprint density at radius 1 is 1.50 bits per heavy atom. The SMILES string of the molecule is C=Nc1cnc(C#N)c(C(F)(F)F)c1. The van der Waals surface area contributed by atoms with Crippen LogP contribution >= 0.6 is 0 Å². The molecule has 0 saturated heterocycles. The average Bonchev–Trinajstić information content (AvgIpc) is 2.15. The van der Waals surface area contributed by atoms with E-state index in [1.54, 1.807) is 0 Å². The first-order chi connectivity index (χ1) is 6.49. The van der Waals surface area contributed by atoms with Crippen molar-refractivity contribution in [1.82, 2.24) is 4.98 Å². The highest BCUT2D eigenvalue weighted by molar-refractivity contribution is 5.49. The molecule has 1 aromatic heterocycles. The summed E-state index contributed by atoms with van der Waals surface area (Å²) in [5.41, 5.74) is -1.77. The largest absolute Gasteiger partial charge is 0.419 e. The van der Waals surface area contributed by atoms with E-state index in [0.29, 0.717) is 0 Å². The Morgan fingerprint density at radius 3 is 2.57 bits per heavy atom. The second-order valence-corrected chi connectivity index (χ2v) is 2.36. The molecule has 14 heavy (non-hydrogen) atoms. The van der Waals surface area contributed by atoms with Crippen molar-refractivity contribution in [1.29, 1.82) is 5.26 Å². The minimum Gasteiger partial charge on any atom is -0.263 e. The van der Waals surface area contributed by atoms with Gasteiger partial charge in [-0.15, -0.1) is 0 Å². The number of nitrogens with zero attached hydrogens (tertiary/aromatic N) is 3. The number of pyridine rings is 1. The van der Waals surface area contributed by atoms with Gasteiger partial charge in [0.1, 0.15) is 6.07 Å². The van der Waals surface area contributed by atoms with Crippen LogP contribution in [0.15, 0.2) is 17.3 Å². The molecule has 6 heteroatoms. The van der Waals surface area contributed by atoms with Crippen LogP contribution in [0.25, 0.3) is 0 Å². The lowest BCUT2D eigenvalue weighted by Crippen LogP contribution is -2.08. The van der Waals surface area contributed by atoms with Gasteiger partial charge in [-0.2, -0.15) is 18.4 Å². The van der Waals surface area contributed by atoms with Gasteiger partial charge in [-0.05, 0) is 12.8 Å². The smallest absolute Gasteiger partial charge is 0.263 e. The molecule has 1 rings (SSSR count). The van der Waals surface area contributed by atoms with E-state index in [9.17, 15) is 13.2 Å². The fraction of sp³-hybridized carbons (Fsp3) is 0.125. The minimum absolute atomic E-state index is 0.0173. The maximum atomic E-state index is 12.3. The molecule has 72 valence electrons. The van der Waals surface area contributed by atoms with Crippen molar-refractivity contribution < 1.29 is 13.2 Å². The molecule has 0 amide bonds. The van der Waals surface area contributed by atoms with Crippen LogP contribution in [0, 0.1) is 11.3 Å². The van der Waals surface area contributed by atoms with E-state index in [1.807, 2.05) is 0 Å². The summed E-state index contributed by atoms with van der Waals surface area (Å²) in [5.74, 6) is 0. The van der Waals surface area contributed by atoms with Crippen LogP contribution in [0.1, 0.15) is 11.3 Å². The van der Waals surface area contributed by atoms with Crippen molar-refractivity contribution in [3.63, 3.8) is 0 Å². The Kier molecular flexibility index (Phi) is 2.51. The van der Waals surface area contributed by atoms with Gasteiger partial charge in [0.05, 0.1) is 17.4 Å². The number of rotatable bonds is 1. The maximum absolute atomic E-state index is 12.3. The van der Waals surface area contributed by atoms with E-state index >= 15 is 0 Å². The van der Waals surface area contributed by atoms with E-state index in [1.165, 1.54) is 6.07 Å². The molecule has 0 bridgehead atoms. The third-order valence-electron chi connectivity index (χ3n) is 1.47. The first kappa shape index (κ1) is 10.2. The molecular weight excluding hydrogens is 195 g/mol. The first-order valence-corrected chi connectivity index (χ1v) is 3.43. The van der Waals surface area contributed by atoms with Crippen molar-refractivity contribution in [2.24, 2.45) is 4.99 Å². The molecule has 0 aliphatic carbocycles. The number of hydrogen-bond acceptors (Lipinski definition) is 3. The molecular formula is C8H4F3N3. The molecule has 0 fully saturated rings. The van der Waals surface area contributed by atoms with Crippen molar-refractivity contribution in [3.8, 4) is 6.07 Å². The standard InChI is InChI=1S/C8H4F3N3/c1-13-5-2-6(8(9,10)11)7(3-12)14-4-5/h2,4H,1H2. The summed E-state index contributed by atoms with van der Waals surface area (Å²) in [6.07, 6.45) is -3.54. The topological polar surface area (TPSA) is 49.0 Å². The zero-order valence-corrected chi connectivity index (χ0v) is 6.84. The lowest BCUT2D eigenvalue weighted by atomic mass is 10.2. The lowest BCUT2D eigenvalue weighted by Gasteiger charge is -2.07. The van der Waals surface area contributed by atoms with Crippen LogP contribution in [0.3, 0.4) is 0 Å². The normalized spacial score (nSPS) is 10.7. The summed E-state index contributed by atoms with van der Waals surface area (Å²) in [6.45, 7) is 3.07. The van der Waals surface area contributed by atoms with Gasteiger partial charge in [-0.1, -0.05) is 0 Å². The predicted octanol–water partition coefficient (Wildman–Crippen LogP) is 2.30. The summed E-state index contributed by atoms with van der Waals surface area (Å²) < 4.78 is 36.9. The lowest BCUT2D eigenvalue weighted by molar-refractivity contribution is -0.138. The van der Waals surface area contributed by atoms with E-state index in [-0.39, 0.29) is 5.69 Å². The molecule has 1 aromatic rings. The Morgan fingerprint density at radius 2 is 2.14 bits per heavy atom. The van der Waals surface area contributed by atoms with Gasteiger partial charge in [-0.3, -0.25) is 4.99 Å². The van der Waals surface area contributed by atoms with E-state index < -0.39 is 17.4 Å². The molecule has 0 aromatic carbocycles. The summed E-state index contributed by atoms with van der Waals surface area (Å²) in [7, 11) is 0. The highest BCUT2D eigenvalue weighted by atomic mass is 19.4. The molecule has 0 spiro atoms. The van der Waals surface area contributed by atoms with Crippen molar-refractivity contribution in [3.05, 3.63) is 23.5 Å². The summed E-state index contributed by atoms with van der Waals surface area (Å²) in [4.78, 5) is 6.62. The van der Waals surface area contributed by atoms with E-state index in [2.05, 4.69) is 16.7 Å². The van der Waals surface area contributed by atoms with Gasteiger partial charge in [-0.25, -0.2) is 4.98 Å². The van der Waals surface area contributed by atoms with Crippen LogP contribution in [-0.4, -0.2) is 11.7 Å². The van der Waals surface area contributed by atoms with Gasteiger partial charge in [0, 0.05) is 0 Å². The highest BCUT2D eigenvalue weighted by Gasteiger charge is 2.34. The molecule has 3 nitrogen and oxygen atoms in total. The van der Waals surface area contributed by atoms with Crippen LogP contribution in [0.2, 0.25) is 0 Å². The van der Waals surface area contributed by atoms with Crippen LogP contribution in [-0.2, 0) is 6.18 Å². The van der Waals surface area contributed by atoms with Crippen molar-refractivity contribution in [2.75, 3.05) is 0 Å². The summed E-state index contributed by atoms with van der Waals surface area (Å²) in [5, 5.41) is 8.39. The van der Waals surface area contributed by atoms with Gasteiger partial charge < -0.3 is 0 Å². The molecule has 0 radical (unpaired) electrons. The molecule has 0 saturated carbocycles. The molecule has 1 heterocycles. The monoisotopic (exact) mass is 199 g/mol. The minimum atomic E-state index is -4.60. The Balaban J connectivity index is 3.38. The number of aromatic nitrogens is 1. The van der Waals surface area contributed by atoms with E-state index in [4.69, 9.17) is 5.26 Å². The fourth-order valence-corrected chi connectivity index (χ4v) is 0.845. The molecule has 0 unspecified atom stereocenters. The highest BCUT2D eigenvalue weighted by Crippen LogP contribution is 2.32. The van der Waals surface area contributed by atoms with Gasteiger partial charge in [0.25, 0.3) is 0 Å². The predicted molar refractivity (Wildman–Crippen MR) is 43.2 cm³/mol. The maximum Gasteiger partial charge on any atom is 0.419 e. The number of hydrogen-bond donors (Lipinski definition) is 0. The first-order valence-electron chi connectivity index (χ1n) is 3.43.